The van der Waals surface area contributed by atoms with E-state index in [1.807, 2.05) is 33.8 Å². The number of hydrogen-bond acceptors (Lipinski definition) is 3. The summed E-state index contributed by atoms with van der Waals surface area (Å²) in [5.74, 6) is 2.19. The largest absolute Gasteiger partial charge is 0.456 e. The standard InChI is InChI=1S/C15H19NO2/c1-7-11-8-12(10(2)13(9-11)16-6)14(17)18-15(3,4)5/h1,8-9,16H,2-6H3. The summed E-state index contributed by atoms with van der Waals surface area (Å²) in [6.45, 7) is 7.38. The highest BCUT2D eigenvalue weighted by Crippen LogP contribution is 2.23. The van der Waals surface area contributed by atoms with Gasteiger partial charge in [0.05, 0.1) is 5.56 Å². The first-order chi connectivity index (χ1) is 8.28. The van der Waals surface area contributed by atoms with Crippen molar-refractivity contribution in [2.24, 2.45) is 0 Å². The summed E-state index contributed by atoms with van der Waals surface area (Å²) < 4.78 is 5.37. The Morgan fingerprint density at radius 1 is 1.39 bits per heavy atom. The molecule has 0 unspecified atom stereocenters. The molecule has 0 fully saturated rings. The van der Waals surface area contributed by atoms with E-state index in [9.17, 15) is 4.79 Å². The second-order valence-electron chi connectivity index (χ2n) is 5.09. The number of carbonyl (C=O) groups is 1. The zero-order chi connectivity index (χ0) is 13.9. The fourth-order valence-corrected chi connectivity index (χ4v) is 1.60. The van der Waals surface area contributed by atoms with Crippen molar-refractivity contribution >= 4 is 11.7 Å². The molecule has 96 valence electrons. The molecule has 0 spiro atoms. The number of terminal acetylenes is 1. The van der Waals surface area contributed by atoms with Crippen LogP contribution in [-0.2, 0) is 4.74 Å². The number of carbonyl (C=O) groups excluding carboxylic acids is 1. The Labute approximate surface area is 109 Å². The Hall–Kier alpha value is -1.95. The molecule has 0 aliphatic rings. The van der Waals surface area contributed by atoms with Gasteiger partial charge in [0.1, 0.15) is 5.60 Å². The molecular formula is C15H19NO2. The third-order valence-corrected chi connectivity index (χ3v) is 2.46. The number of rotatable bonds is 2. The first-order valence-electron chi connectivity index (χ1n) is 5.81. The smallest absolute Gasteiger partial charge is 0.339 e. The molecule has 0 aromatic heterocycles. The zero-order valence-corrected chi connectivity index (χ0v) is 11.5. The summed E-state index contributed by atoms with van der Waals surface area (Å²) in [6, 6.07) is 3.52. The molecule has 0 aliphatic carbocycles. The van der Waals surface area contributed by atoms with E-state index in [-0.39, 0.29) is 5.97 Å². The van der Waals surface area contributed by atoms with Crippen molar-refractivity contribution in [1.82, 2.24) is 0 Å². The summed E-state index contributed by atoms with van der Waals surface area (Å²) in [5.41, 5.74) is 2.32. The van der Waals surface area contributed by atoms with E-state index in [4.69, 9.17) is 11.2 Å². The maximum absolute atomic E-state index is 12.1. The summed E-state index contributed by atoms with van der Waals surface area (Å²) in [4.78, 5) is 12.1. The van der Waals surface area contributed by atoms with Gasteiger partial charge in [-0.2, -0.15) is 0 Å². The molecule has 3 nitrogen and oxygen atoms in total. The average Bonchev–Trinajstić information content (AvgIpc) is 2.27. The van der Waals surface area contributed by atoms with Gasteiger partial charge in [0, 0.05) is 18.3 Å². The minimum absolute atomic E-state index is 0.353. The third kappa shape index (κ3) is 3.27. The molecule has 0 heterocycles. The number of hydrogen-bond donors (Lipinski definition) is 1. The Balaban J connectivity index is 3.24. The highest BCUT2D eigenvalue weighted by atomic mass is 16.6. The van der Waals surface area contributed by atoms with Gasteiger partial charge in [-0.3, -0.25) is 0 Å². The van der Waals surface area contributed by atoms with Crippen molar-refractivity contribution in [1.29, 1.82) is 0 Å². The zero-order valence-electron chi connectivity index (χ0n) is 11.5. The van der Waals surface area contributed by atoms with Crippen LogP contribution in [0.3, 0.4) is 0 Å². The van der Waals surface area contributed by atoms with Gasteiger partial charge in [-0.15, -0.1) is 6.42 Å². The molecule has 1 N–H and O–H groups in total. The fraction of sp³-hybridized carbons (Fsp3) is 0.400. The van der Waals surface area contributed by atoms with Crippen LogP contribution in [0.25, 0.3) is 0 Å². The van der Waals surface area contributed by atoms with Crippen LogP contribution in [0.2, 0.25) is 0 Å². The van der Waals surface area contributed by atoms with Gasteiger partial charge < -0.3 is 10.1 Å². The quantitative estimate of drug-likeness (QED) is 0.643. The Morgan fingerprint density at radius 3 is 2.44 bits per heavy atom. The van der Waals surface area contributed by atoms with Gasteiger partial charge in [-0.05, 0) is 45.4 Å². The predicted molar refractivity (Wildman–Crippen MR) is 73.8 cm³/mol. The lowest BCUT2D eigenvalue weighted by atomic mass is 10.0. The van der Waals surface area contributed by atoms with Crippen LogP contribution < -0.4 is 5.32 Å². The van der Waals surface area contributed by atoms with E-state index in [1.165, 1.54) is 0 Å². The molecule has 0 saturated heterocycles. The van der Waals surface area contributed by atoms with Crippen LogP contribution in [0, 0.1) is 19.3 Å². The van der Waals surface area contributed by atoms with E-state index < -0.39 is 5.60 Å². The number of benzene rings is 1. The first kappa shape index (κ1) is 14.1. The van der Waals surface area contributed by atoms with Crippen molar-refractivity contribution in [3.05, 3.63) is 28.8 Å². The summed E-state index contributed by atoms with van der Waals surface area (Å²) in [5, 5.41) is 3.02. The molecule has 1 aromatic rings. The van der Waals surface area contributed by atoms with Crippen molar-refractivity contribution in [2.45, 2.75) is 33.3 Å². The van der Waals surface area contributed by atoms with Crippen LogP contribution in [0.5, 0.6) is 0 Å². The topological polar surface area (TPSA) is 38.3 Å². The molecule has 1 rings (SSSR count). The Bertz CT molecular complexity index is 504. The van der Waals surface area contributed by atoms with Crippen LogP contribution in [0.4, 0.5) is 5.69 Å². The van der Waals surface area contributed by atoms with Gasteiger partial charge in [0.25, 0.3) is 0 Å². The molecule has 0 atom stereocenters. The van der Waals surface area contributed by atoms with Crippen molar-refractivity contribution in [3.8, 4) is 12.3 Å². The molecule has 0 saturated carbocycles. The number of esters is 1. The van der Waals surface area contributed by atoms with Crippen molar-refractivity contribution < 1.29 is 9.53 Å². The van der Waals surface area contributed by atoms with E-state index >= 15 is 0 Å². The van der Waals surface area contributed by atoms with Gasteiger partial charge in [-0.25, -0.2) is 4.79 Å². The fourth-order valence-electron chi connectivity index (χ4n) is 1.60. The van der Waals surface area contributed by atoms with E-state index in [0.717, 1.165) is 11.3 Å². The van der Waals surface area contributed by atoms with Gasteiger partial charge >= 0.3 is 5.97 Å². The lowest BCUT2D eigenvalue weighted by molar-refractivity contribution is 0.00688. The van der Waals surface area contributed by atoms with E-state index in [2.05, 4.69) is 11.2 Å². The SMILES string of the molecule is C#Cc1cc(NC)c(C)c(C(=O)OC(C)(C)C)c1. The third-order valence-electron chi connectivity index (χ3n) is 2.46. The van der Waals surface area contributed by atoms with Crippen LogP contribution in [0.1, 0.15) is 42.3 Å². The highest BCUT2D eigenvalue weighted by Gasteiger charge is 2.20. The minimum Gasteiger partial charge on any atom is -0.456 e. The van der Waals surface area contributed by atoms with Gasteiger partial charge in [0.2, 0.25) is 0 Å². The van der Waals surface area contributed by atoms with Crippen LogP contribution >= 0.6 is 0 Å². The Morgan fingerprint density at radius 2 is 2.00 bits per heavy atom. The maximum atomic E-state index is 12.1. The monoisotopic (exact) mass is 245 g/mol. The molecule has 0 amide bonds. The lowest BCUT2D eigenvalue weighted by Crippen LogP contribution is -2.24. The number of nitrogens with one attached hydrogen (secondary N) is 1. The number of ether oxygens (including phenoxy) is 1. The molecule has 1 aromatic carbocycles. The van der Waals surface area contributed by atoms with E-state index in [0.29, 0.717) is 11.1 Å². The molecule has 0 bridgehead atoms. The predicted octanol–water partition coefficient (Wildman–Crippen LogP) is 2.97. The summed E-state index contributed by atoms with van der Waals surface area (Å²) >= 11 is 0. The lowest BCUT2D eigenvalue weighted by Gasteiger charge is -2.21. The summed E-state index contributed by atoms with van der Waals surface area (Å²) in [7, 11) is 1.79. The first-order valence-corrected chi connectivity index (χ1v) is 5.81. The van der Waals surface area contributed by atoms with E-state index in [1.54, 1.807) is 13.1 Å². The molecular weight excluding hydrogens is 226 g/mol. The van der Waals surface area contributed by atoms with Crippen molar-refractivity contribution in [2.75, 3.05) is 12.4 Å². The molecule has 0 aliphatic heterocycles. The summed E-state index contributed by atoms with van der Waals surface area (Å²) in [6.07, 6.45) is 5.39. The van der Waals surface area contributed by atoms with Gasteiger partial charge in [-0.1, -0.05) is 5.92 Å². The average molecular weight is 245 g/mol. The van der Waals surface area contributed by atoms with Crippen molar-refractivity contribution in [3.63, 3.8) is 0 Å². The van der Waals surface area contributed by atoms with Crippen LogP contribution in [-0.4, -0.2) is 18.6 Å². The maximum Gasteiger partial charge on any atom is 0.339 e. The highest BCUT2D eigenvalue weighted by molar-refractivity contribution is 5.93. The van der Waals surface area contributed by atoms with Crippen LogP contribution in [0.15, 0.2) is 12.1 Å². The second kappa shape index (κ2) is 5.14. The van der Waals surface area contributed by atoms with Gasteiger partial charge in [0.15, 0.2) is 0 Å². The molecule has 18 heavy (non-hydrogen) atoms. The molecule has 3 heteroatoms. The molecule has 0 radical (unpaired) electrons. The second-order valence-corrected chi connectivity index (χ2v) is 5.09. The number of anilines is 1. The normalized spacial score (nSPS) is 10.7. The Kier molecular flexibility index (Phi) is 4.03. The minimum atomic E-state index is -0.518.